The van der Waals surface area contributed by atoms with Crippen LogP contribution >= 0.6 is 15.9 Å². The van der Waals surface area contributed by atoms with Crippen LogP contribution < -0.4 is 19.6 Å². The molecule has 0 spiro atoms. The molecule has 0 atom stereocenters. The Labute approximate surface area is 156 Å². The Hall–Kier alpha value is -2.47. The van der Waals surface area contributed by atoms with E-state index < -0.39 is 0 Å². The van der Waals surface area contributed by atoms with Gasteiger partial charge in [-0.1, -0.05) is 34.7 Å². The maximum absolute atomic E-state index is 5.62. The fourth-order valence-corrected chi connectivity index (χ4v) is 2.52. The van der Waals surface area contributed by atoms with E-state index in [4.69, 9.17) is 14.2 Å². The molecule has 0 aromatic heterocycles. The highest BCUT2D eigenvalue weighted by molar-refractivity contribution is 9.10. The van der Waals surface area contributed by atoms with Gasteiger partial charge in [0.2, 0.25) is 0 Å². The molecule has 0 amide bonds. The molecule has 0 aliphatic heterocycles. The van der Waals surface area contributed by atoms with Gasteiger partial charge in [-0.15, -0.1) is 0 Å². The number of methoxy groups -OCH3 is 2. The molecule has 0 unspecified atom stereocenters. The van der Waals surface area contributed by atoms with Crippen LogP contribution in [0, 0.1) is 0 Å². The van der Waals surface area contributed by atoms with Crippen molar-refractivity contribution in [3.05, 3.63) is 64.7 Å². The molecule has 0 radical (unpaired) electrons. The molecule has 2 rings (SSSR count). The highest BCUT2D eigenvalue weighted by Crippen LogP contribution is 2.27. The molecular weight excluding hydrogens is 384 g/mol. The minimum Gasteiger partial charge on any atom is -0.493 e. The van der Waals surface area contributed by atoms with Crippen LogP contribution in [-0.2, 0) is 6.54 Å². The summed E-state index contributed by atoms with van der Waals surface area (Å²) in [6.07, 6.45) is 3.43. The summed E-state index contributed by atoms with van der Waals surface area (Å²) in [6.45, 7) is 4.67. The number of hydrogen-bond acceptors (Lipinski definition) is 5. The Kier molecular flexibility index (Phi) is 7.35. The van der Waals surface area contributed by atoms with Crippen LogP contribution in [0.1, 0.15) is 11.1 Å². The molecule has 0 saturated carbocycles. The Morgan fingerprint density at radius 1 is 1.08 bits per heavy atom. The van der Waals surface area contributed by atoms with Gasteiger partial charge in [-0.2, -0.15) is 5.10 Å². The van der Waals surface area contributed by atoms with Gasteiger partial charge in [0.15, 0.2) is 11.5 Å². The van der Waals surface area contributed by atoms with Gasteiger partial charge in [0.1, 0.15) is 12.4 Å². The van der Waals surface area contributed by atoms with Crippen molar-refractivity contribution in [2.75, 3.05) is 20.8 Å². The topological polar surface area (TPSA) is 52.1 Å². The minimum atomic E-state index is 0.446. The van der Waals surface area contributed by atoms with Crippen molar-refractivity contribution in [2.45, 2.75) is 6.54 Å². The van der Waals surface area contributed by atoms with Crippen LogP contribution in [0.2, 0.25) is 0 Å². The van der Waals surface area contributed by atoms with Gasteiger partial charge in [0.05, 0.1) is 27.0 Å². The van der Waals surface area contributed by atoms with Gasteiger partial charge < -0.3 is 19.6 Å². The van der Waals surface area contributed by atoms with Gasteiger partial charge in [-0.3, -0.25) is 0 Å². The van der Waals surface area contributed by atoms with E-state index in [1.807, 2.05) is 36.4 Å². The van der Waals surface area contributed by atoms with E-state index in [1.54, 1.807) is 26.5 Å². The number of nitrogens with zero attached hydrogens (tertiary/aromatic N) is 1. The normalized spacial score (nSPS) is 10.5. The largest absolute Gasteiger partial charge is 0.493 e. The predicted molar refractivity (Wildman–Crippen MR) is 104 cm³/mol. The zero-order valence-corrected chi connectivity index (χ0v) is 15.9. The van der Waals surface area contributed by atoms with Crippen molar-refractivity contribution >= 4 is 22.1 Å². The molecule has 5 nitrogen and oxygen atoms in total. The molecule has 0 aliphatic carbocycles. The molecule has 0 heterocycles. The first kappa shape index (κ1) is 18.9. The van der Waals surface area contributed by atoms with E-state index in [1.165, 1.54) is 0 Å². The first-order valence-electron chi connectivity index (χ1n) is 7.68. The van der Waals surface area contributed by atoms with Gasteiger partial charge in [0.25, 0.3) is 0 Å². The van der Waals surface area contributed by atoms with Crippen molar-refractivity contribution in [3.8, 4) is 17.2 Å². The monoisotopic (exact) mass is 404 g/mol. The lowest BCUT2D eigenvalue weighted by Gasteiger charge is -2.09. The summed E-state index contributed by atoms with van der Waals surface area (Å²) in [5, 5.41) is 4.27. The summed E-state index contributed by atoms with van der Waals surface area (Å²) in [4.78, 5) is 0. The average Bonchev–Trinajstić information content (AvgIpc) is 2.64. The summed E-state index contributed by atoms with van der Waals surface area (Å²) in [5.74, 6) is 2.14. The molecule has 0 fully saturated rings. The first-order valence-corrected chi connectivity index (χ1v) is 8.47. The number of hydrogen-bond donors (Lipinski definition) is 1. The number of halogens is 1. The third-order valence-electron chi connectivity index (χ3n) is 3.35. The lowest BCUT2D eigenvalue weighted by Crippen LogP contribution is -2.06. The predicted octanol–water partition coefficient (Wildman–Crippen LogP) is 4.15. The molecule has 0 bridgehead atoms. The van der Waals surface area contributed by atoms with E-state index in [2.05, 4.69) is 33.0 Å². The lowest BCUT2D eigenvalue weighted by molar-refractivity contribution is 0.354. The third-order valence-corrected chi connectivity index (χ3v) is 3.85. The Bertz CT molecular complexity index is 747. The molecule has 132 valence electrons. The van der Waals surface area contributed by atoms with Crippen LogP contribution in [0.4, 0.5) is 0 Å². The van der Waals surface area contributed by atoms with Crippen LogP contribution in [0.5, 0.6) is 17.2 Å². The maximum Gasteiger partial charge on any atom is 0.161 e. The molecule has 2 aromatic rings. The second-order valence-corrected chi connectivity index (χ2v) is 5.98. The molecule has 0 saturated heterocycles. The molecule has 1 N–H and O–H groups in total. The van der Waals surface area contributed by atoms with Crippen LogP contribution in [-0.4, -0.2) is 27.0 Å². The standard InChI is InChI=1S/C19H21BrN2O3/c1-4-9-25-17-8-6-16(20)11-15(17)13-22-21-12-14-5-7-18(23-2)19(10-14)24-3/h4-8,10-11,13,21H,1,9,12H2,2-3H3/b22-13-. The molecule has 0 aliphatic rings. The fraction of sp³-hybridized carbons (Fsp3) is 0.211. The number of benzene rings is 2. The second kappa shape index (κ2) is 9.74. The molecule has 2 aromatic carbocycles. The van der Waals surface area contributed by atoms with Crippen molar-refractivity contribution in [1.29, 1.82) is 0 Å². The summed E-state index contributed by atoms with van der Waals surface area (Å²) in [7, 11) is 3.23. The van der Waals surface area contributed by atoms with Gasteiger partial charge in [0, 0.05) is 10.0 Å². The second-order valence-electron chi connectivity index (χ2n) is 5.06. The highest BCUT2D eigenvalue weighted by Gasteiger charge is 2.04. The molecule has 25 heavy (non-hydrogen) atoms. The molecule has 6 heteroatoms. The Balaban J connectivity index is 2.01. The van der Waals surface area contributed by atoms with Crippen LogP contribution in [0.25, 0.3) is 0 Å². The van der Waals surface area contributed by atoms with Crippen molar-refractivity contribution in [2.24, 2.45) is 5.10 Å². The first-order chi connectivity index (χ1) is 12.2. The summed E-state index contributed by atoms with van der Waals surface area (Å²) in [5.41, 5.74) is 4.93. The van der Waals surface area contributed by atoms with Crippen LogP contribution in [0.3, 0.4) is 0 Å². The fourth-order valence-electron chi connectivity index (χ4n) is 2.14. The third kappa shape index (κ3) is 5.53. The summed E-state index contributed by atoms with van der Waals surface area (Å²) in [6, 6.07) is 11.5. The van der Waals surface area contributed by atoms with E-state index in [0.29, 0.717) is 24.7 Å². The van der Waals surface area contributed by atoms with E-state index >= 15 is 0 Å². The number of hydrazone groups is 1. The number of rotatable bonds is 9. The average molecular weight is 405 g/mol. The summed E-state index contributed by atoms with van der Waals surface area (Å²) < 4.78 is 17.1. The maximum atomic E-state index is 5.62. The zero-order chi connectivity index (χ0) is 18.1. The highest BCUT2D eigenvalue weighted by atomic mass is 79.9. The number of ether oxygens (including phenoxy) is 3. The Morgan fingerprint density at radius 3 is 2.56 bits per heavy atom. The lowest BCUT2D eigenvalue weighted by atomic mass is 10.2. The van der Waals surface area contributed by atoms with E-state index in [9.17, 15) is 0 Å². The van der Waals surface area contributed by atoms with E-state index in [-0.39, 0.29) is 0 Å². The molecular formula is C19H21BrN2O3. The van der Waals surface area contributed by atoms with Gasteiger partial charge in [-0.05, 0) is 35.9 Å². The van der Waals surface area contributed by atoms with Crippen molar-refractivity contribution in [1.82, 2.24) is 5.43 Å². The van der Waals surface area contributed by atoms with E-state index in [0.717, 1.165) is 21.3 Å². The van der Waals surface area contributed by atoms with Crippen LogP contribution in [0.15, 0.2) is 58.6 Å². The minimum absolute atomic E-state index is 0.446. The van der Waals surface area contributed by atoms with Gasteiger partial charge >= 0.3 is 0 Å². The summed E-state index contributed by atoms with van der Waals surface area (Å²) >= 11 is 3.46. The van der Waals surface area contributed by atoms with Crippen molar-refractivity contribution < 1.29 is 14.2 Å². The zero-order valence-electron chi connectivity index (χ0n) is 14.3. The smallest absolute Gasteiger partial charge is 0.161 e. The SMILES string of the molecule is C=CCOc1ccc(Br)cc1/C=N\NCc1ccc(OC)c(OC)c1. The number of nitrogens with one attached hydrogen (secondary N) is 1. The quantitative estimate of drug-likeness (QED) is 0.387. The van der Waals surface area contributed by atoms with Crippen molar-refractivity contribution in [3.63, 3.8) is 0 Å². The van der Waals surface area contributed by atoms with Gasteiger partial charge in [-0.25, -0.2) is 0 Å². The Morgan fingerprint density at radius 2 is 1.84 bits per heavy atom.